The Bertz CT molecular complexity index is 831. The molecule has 126 valence electrons. The van der Waals surface area contributed by atoms with Crippen molar-refractivity contribution in [1.29, 1.82) is 0 Å². The van der Waals surface area contributed by atoms with Gasteiger partial charge in [0.25, 0.3) is 0 Å². The van der Waals surface area contributed by atoms with Gasteiger partial charge in [0.2, 0.25) is 5.91 Å². The molecular weight excluding hydrogens is 311 g/mol. The fraction of sp³-hybridized carbons (Fsp3) is 0.444. The summed E-state index contributed by atoms with van der Waals surface area (Å²) in [5.74, 6) is -1.09. The second-order valence-electron chi connectivity index (χ2n) is 7.01. The van der Waals surface area contributed by atoms with Gasteiger partial charge in [0.1, 0.15) is 5.82 Å². The maximum Gasteiger partial charge on any atom is 0.311 e. The van der Waals surface area contributed by atoms with E-state index in [0.717, 1.165) is 23.8 Å². The molecule has 1 aromatic heterocycles. The number of hydrogen-bond donors (Lipinski definition) is 2. The van der Waals surface area contributed by atoms with Gasteiger partial charge in [0.15, 0.2) is 0 Å². The lowest BCUT2D eigenvalue weighted by Gasteiger charge is -2.23. The van der Waals surface area contributed by atoms with E-state index < -0.39 is 11.4 Å². The Morgan fingerprint density at radius 2 is 2.25 bits per heavy atom. The van der Waals surface area contributed by atoms with Gasteiger partial charge in [-0.05, 0) is 42.5 Å². The number of rotatable bonds is 3. The Balaban J connectivity index is 1.54. The monoisotopic (exact) mass is 330 g/mol. The van der Waals surface area contributed by atoms with Crippen molar-refractivity contribution in [2.24, 2.45) is 11.3 Å². The molecule has 2 aliphatic rings. The Labute approximate surface area is 138 Å². The van der Waals surface area contributed by atoms with Crippen LogP contribution in [0.4, 0.5) is 4.39 Å². The lowest BCUT2D eigenvalue weighted by Crippen LogP contribution is -2.37. The maximum absolute atomic E-state index is 13.3. The highest BCUT2D eigenvalue weighted by Gasteiger charge is 2.55. The van der Waals surface area contributed by atoms with Gasteiger partial charge in [-0.15, -0.1) is 0 Å². The first-order chi connectivity index (χ1) is 11.5. The Kier molecular flexibility index (Phi) is 3.37. The van der Waals surface area contributed by atoms with E-state index in [1.165, 1.54) is 12.1 Å². The van der Waals surface area contributed by atoms with Crippen molar-refractivity contribution in [3.63, 3.8) is 0 Å². The number of carbonyl (C=O) groups is 2. The summed E-state index contributed by atoms with van der Waals surface area (Å²) in [6.45, 7) is 0.838. The molecule has 2 fully saturated rings. The summed E-state index contributed by atoms with van der Waals surface area (Å²) >= 11 is 0. The van der Waals surface area contributed by atoms with Crippen LogP contribution in [0.1, 0.15) is 24.8 Å². The number of H-pyrrole nitrogens is 1. The molecule has 1 aliphatic heterocycles. The molecule has 1 aliphatic carbocycles. The van der Waals surface area contributed by atoms with Crippen molar-refractivity contribution in [2.75, 3.05) is 13.1 Å². The Morgan fingerprint density at radius 1 is 1.42 bits per heavy atom. The fourth-order valence-electron chi connectivity index (χ4n) is 4.41. The van der Waals surface area contributed by atoms with Gasteiger partial charge in [0.05, 0.1) is 11.8 Å². The van der Waals surface area contributed by atoms with Crippen molar-refractivity contribution in [2.45, 2.75) is 25.7 Å². The number of aromatic amines is 1. The third kappa shape index (κ3) is 2.20. The van der Waals surface area contributed by atoms with Gasteiger partial charge < -0.3 is 15.0 Å². The minimum absolute atomic E-state index is 0.0600. The molecule has 6 heteroatoms. The minimum Gasteiger partial charge on any atom is -0.481 e. The number of aromatic nitrogens is 1. The summed E-state index contributed by atoms with van der Waals surface area (Å²) in [5, 5.41) is 10.4. The summed E-state index contributed by atoms with van der Waals surface area (Å²) in [7, 11) is 0. The first-order valence-corrected chi connectivity index (χ1v) is 8.26. The Morgan fingerprint density at radius 3 is 3.00 bits per heavy atom. The molecular formula is C18H19FN2O3. The highest BCUT2D eigenvalue weighted by Crippen LogP contribution is 2.49. The lowest BCUT2D eigenvalue weighted by atomic mass is 9.81. The minimum atomic E-state index is -0.775. The van der Waals surface area contributed by atoms with Crippen LogP contribution in [-0.2, 0) is 16.0 Å². The number of fused-ring (bicyclic) bond motifs is 2. The first-order valence-electron chi connectivity index (χ1n) is 8.26. The molecule has 1 saturated heterocycles. The van der Waals surface area contributed by atoms with E-state index in [1.54, 1.807) is 17.2 Å². The first kappa shape index (κ1) is 15.2. The van der Waals surface area contributed by atoms with Crippen LogP contribution < -0.4 is 0 Å². The number of amides is 1. The van der Waals surface area contributed by atoms with Crippen LogP contribution in [0.25, 0.3) is 10.9 Å². The molecule has 2 N–H and O–H groups in total. The van der Waals surface area contributed by atoms with Gasteiger partial charge in [-0.1, -0.05) is 6.42 Å². The molecule has 2 heterocycles. The van der Waals surface area contributed by atoms with E-state index in [-0.39, 0.29) is 24.1 Å². The van der Waals surface area contributed by atoms with Gasteiger partial charge in [-0.25, -0.2) is 4.39 Å². The maximum atomic E-state index is 13.3. The number of aliphatic carboxylic acids is 1. The van der Waals surface area contributed by atoms with Crippen LogP contribution >= 0.6 is 0 Å². The zero-order valence-corrected chi connectivity index (χ0v) is 13.2. The van der Waals surface area contributed by atoms with E-state index in [1.807, 2.05) is 0 Å². The molecule has 5 nitrogen and oxygen atoms in total. The van der Waals surface area contributed by atoms with Gasteiger partial charge >= 0.3 is 5.97 Å². The molecule has 0 spiro atoms. The van der Waals surface area contributed by atoms with E-state index in [0.29, 0.717) is 25.0 Å². The summed E-state index contributed by atoms with van der Waals surface area (Å²) < 4.78 is 13.3. The molecule has 1 aromatic carbocycles. The SMILES string of the molecule is O=C(Cc1c[nH]c2cc(F)ccc12)N1C[C@@H]2CCC[C@@]2(C(=O)O)C1. The normalized spacial score (nSPS) is 26.0. The number of hydrogen-bond acceptors (Lipinski definition) is 2. The quantitative estimate of drug-likeness (QED) is 0.908. The van der Waals surface area contributed by atoms with E-state index >= 15 is 0 Å². The highest BCUT2D eigenvalue weighted by molar-refractivity contribution is 5.89. The third-order valence-corrected chi connectivity index (χ3v) is 5.72. The number of carboxylic acids is 1. The molecule has 2 atom stereocenters. The fourth-order valence-corrected chi connectivity index (χ4v) is 4.41. The van der Waals surface area contributed by atoms with Crippen LogP contribution in [0.15, 0.2) is 24.4 Å². The average Bonchev–Trinajstić information content (AvgIpc) is 3.19. The number of carboxylic acid groups (broad SMARTS) is 1. The van der Waals surface area contributed by atoms with Gasteiger partial charge in [-0.2, -0.15) is 0 Å². The summed E-state index contributed by atoms with van der Waals surface area (Å²) in [6, 6.07) is 4.45. The molecule has 4 rings (SSSR count). The van der Waals surface area contributed by atoms with Crippen molar-refractivity contribution < 1.29 is 19.1 Å². The van der Waals surface area contributed by atoms with E-state index in [4.69, 9.17) is 0 Å². The molecule has 0 bridgehead atoms. The molecule has 24 heavy (non-hydrogen) atoms. The largest absolute Gasteiger partial charge is 0.481 e. The zero-order chi connectivity index (χ0) is 16.9. The number of nitrogens with one attached hydrogen (secondary N) is 1. The summed E-state index contributed by atoms with van der Waals surface area (Å²) in [4.78, 5) is 29.1. The second kappa shape index (κ2) is 5.33. The predicted octanol–water partition coefficient (Wildman–Crippen LogP) is 2.56. The van der Waals surface area contributed by atoms with Crippen molar-refractivity contribution >= 4 is 22.8 Å². The molecule has 1 saturated carbocycles. The number of carbonyl (C=O) groups excluding carboxylic acids is 1. The molecule has 0 unspecified atom stereocenters. The van der Waals surface area contributed by atoms with Crippen molar-refractivity contribution in [3.8, 4) is 0 Å². The van der Waals surface area contributed by atoms with E-state index in [2.05, 4.69) is 4.98 Å². The number of benzene rings is 1. The third-order valence-electron chi connectivity index (χ3n) is 5.72. The molecule has 1 amide bonds. The van der Waals surface area contributed by atoms with E-state index in [9.17, 15) is 19.1 Å². The summed E-state index contributed by atoms with van der Waals surface area (Å²) in [6.07, 6.45) is 4.39. The standard InChI is InChI=1S/C18H19FN2O3/c19-13-3-4-14-11(8-20-15(14)7-13)6-16(22)21-9-12-2-1-5-18(12,10-21)17(23)24/h3-4,7-8,12,20H,1-2,5-6,9-10H2,(H,23,24)/t12-,18+/m0/s1. The summed E-state index contributed by atoms with van der Waals surface area (Å²) in [5.41, 5.74) is 0.730. The van der Waals surface area contributed by atoms with Gasteiger partial charge in [-0.3, -0.25) is 9.59 Å². The lowest BCUT2D eigenvalue weighted by molar-refractivity contribution is -0.149. The van der Waals surface area contributed by atoms with Crippen LogP contribution in [0.2, 0.25) is 0 Å². The molecule has 0 radical (unpaired) electrons. The van der Waals surface area contributed by atoms with Crippen molar-refractivity contribution in [1.82, 2.24) is 9.88 Å². The Hall–Kier alpha value is -2.37. The smallest absolute Gasteiger partial charge is 0.311 e. The average molecular weight is 330 g/mol. The van der Waals surface area contributed by atoms with Gasteiger partial charge in [0, 0.05) is 30.2 Å². The van der Waals surface area contributed by atoms with Crippen LogP contribution in [-0.4, -0.2) is 40.0 Å². The second-order valence-corrected chi connectivity index (χ2v) is 7.01. The predicted molar refractivity (Wildman–Crippen MR) is 86.0 cm³/mol. The van der Waals surface area contributed by atoms with Crippen molar-refractivity contribution in [3.05, 3.63) is 35.8 Å². The zero-order valence-electron chi connectivity index (χ0n) is 13.2. The van der Waals surface area contributed by atoms with Crippen LogP contribution in [0.5, 0.6) is 0 Å². The highest BCUT2D eigenvalue weighted by atomic mass is 19.1. The molecule has 2 aromatic rings. The van der Waals surface area contributed by atoms with Crippen LogP contribution in [0, 0.1) is 17.2 Å². The number of halogens is 1. The number of likely N-dealkylation sites (tertiary alicyclic amines) is 1. The topological polar surface area (TPSA) is 73.4 Å². The van der Waals surface area contributed by atoms with Crippen LogP contribution in [0.3, 0.4) is 0 Å². The number of nitrogens with zero attached hydrogens (tertiary/aromatic N) is 1.